The molecule has 0 saturated carbocycles. The first-order valence-electron chi connectivity index (χ1n) is 9.31. The van der Waals surface area contributed by atoms with Crippen LogP contribution in [0.2, 0.25) is 0 Å². The predicted octanol–water partition coefficient (Wildman–Crippen LogP) is 1.07. The lowest BCUT2D eigenvalue weighted by Gasteiger charge is -2.19. The highest BCUT2D eigenvalue weighted by molar-refractivity contribution is 6.11. The number of rotatable bonds is 4. The minimum absolute atomic E-state index is 0.0538. The number of hydrogen-bond donors (Lipinski definition) is 4. The van der Waals surface area contributed by atoms with E-state index in [1.54, 1.807) is 18.2 Å². The van der Waals surface area contributed by atoms with Gasteiger partial charge in [0.05, 0.1) is 6.42 Å². The van der Waals surface area contributed by atoms with Gasteiger partial charge >= 0.3 is 0 Å². The van der Waals surface area contributed by atoms with E-state index in [-0.39, 0.29) is 24.2 Å². The Balaban J connectivity index is 1.36. The van der Waals surface area contributed by atoms with Gasteiger partial charge in [-0.05, 0) is 24.3 Å². The number of guanidine groups is 2. The van der Waals surface area contributed by atoms with Gasteiger partial charge in [0.25, 0.3) is 5.91 Å². The Hall–Kier alpha value is -4.08. The van der Waals surface area contributed by atoms with Gasteiger partial charge in [0, 0.05) is 17.4 Å². The topological polar surface area (TPSA) is 139 Å². The molecular formula is C20H20N6O4. The van der Waals surface area contributed by atoms with E-state index in [1.165, 1.54) is 0 Å². The lowest BCUT2D eigenvalue weighted by molar-refractivity contribution is -0.123. The molecule has 1 unspecified atom stereocenters. The molecule has 2 aromatic rings. The van der Waals surface area contributed by atoms with Crippen molar-refractivity contribution >= 4 is 35.1 Å². The normalized spacial score (nSPS) is 17.7. The molecule has 0 bridgehead atoms. The number of fused-ring (bicyclic) bond motifs is 1. The largest absolute Gasteiger partial charge is 0.486 e. The molecule has 2 amide bonds. The lowest BCUT2D eigenvalue weighted by Crippen LogP contribution is -2.32. The SMILES string of the molecule is N/C(=N\C1=NC(CC(=O)Nc2ccc3c(c2)OCCO3)C(=O)N1)Nc1ccccc1. The number of nitrogens with two attached hydrogens (primary N) is 1. The van der Waals surface area contributed by atoms with Crippen molar-refractivity contribution in [1.29, 1.82) is 0 Å². The van der Waals surface area contributed by atoms with Crippen LogP contribution in [-0.2, 0) is 9.59 Å². The maximum Gasteiger partial charge on any atom is 0.252 e. The molecule has 5 N–H and O–H groups in total. The van der Waals surface area contributed by atoms with Crippen LogP contribution in [-0.4, -0.2) is 43.0 Å². The summed E-state index contributed by atoms with van der Waals surface area (Å²) in [6, 6.07) is 13.4. The van der Waals surface area contributed by atoms with Gasteiger partial charge < -0.3 is 25.8 Å². The fourth-order valence-electron chi connectivity index (χ4n) is 2.95. The van der Waals surface area contributed by atoms with E-state index in [0.717, 1.165) is 5.69 Å². The van der Waals surface area contributed by atoms with Crippen molar-refractivity contribution in [3.05, 3.63) is 48.5 Å². The Kier molecular flexibility index (Phi) is 5.46. The molecule has 2 heterocycles. The van der Waals surface area contributed by atoms with Crippen LogP contribution in [0, 0.1) is 0 Å². The number of aliphatic imine (C=N–C) groups is 2. The molecule has 154 valence electrons. The molecule has 30 heavy (non-hydrogen) atoms. The maximum absolute atomic E-state index is 12.3. The number of amides is 2. The Morgan fingerprint density at radius 3 is 2.67 bits per heavy atom. The fourth-order valence-corrected chi connectivity index (χ4v) is 2.95. The zero-order chi connectivity index (χ0) is 20.9. The van der Waals surface area contributed by atoms with Crippen molar-refractivity contribution in [3.63, 3.8) is 0 Å². The van der Waals surface area contributed by atoms with Crippen molar-refractivity contribution in [2.75, 3.05) is 23.8 Å². The van der Waals surface area contributed by atoms with Crippen molar-refractivity contribution < 1.29 is 19.1 Å². The van der Waals surface area contributed by atoms with Gasteiger partial charge in [-0.3, -0.25) is 14.9 Å². The minimum Gasteiger partial charge on any atom is -0.486 e. The summed E-state index contributed by atoms with van der Waals surface area (Å²) in [5, 5.41) is 8.14. The second kappa shape index (κ2) is 8.52. The number of para-hydroxylation sites is 1. The van der Waals surface area contributed by atoms with Gasteiger partial charge in [-0.1, -0.05) is 18.2 Å². The molecule has 4 rings (SSSR count). The quantitative estimate of drug-likeness (QED) is 0.441. The maximum atomic E-state index is 12.3. The monoisotopic (exact) mass is 408 g/mol. The molecule has 0 radical (unpaired) electrons. The van der Waals surface area contributed by atoms with E-state index in [2.05, 4.69) is 25.9 Å². The summed E-state index contributed by atoms with van der Waals surface area (Å²) in [5.41, 5.74) is 7.13. The van der Waals surface area contributed by atoms with E-state index in [9.17, 15) is 9.59 Å². The summed E-state index contributed by atoms with van der Waals surface area (Å²) in [6.45, 7) is 0.941. The Morgan fingerprint density at radius 2 is 1.87 bits per heavy atom. The molecule has 0 saturated heterocycles. The average molecular weight is 408 g/mol. The molecule has 10 heteroatoms. The van der Waals surface area contributed by atoms with Crippen molar-refractivity contribution in [3.8, 4) is 11.5 Å². The summed E-state index contributed by atoms with van der Waals surface area (Å²) in [6.07, 6.45) is -0.134. The molecule has 2 aromatic carbocycles. The molecule has 2 aliphatic rings. The zero-order valence-electron chi connectivity index (χ0n) is 15.9. The standard InChI is InChI=1S/C20H20N6O4/c21-19(23-12-4-2-1-3-5-12)26-20-24-14(18(28)25-20)11-17(27)22-13-6-7-15-16(10-13)30-9-8-29-15/h1-7,10,14H,8-9,11H2,(H,22,27)(H4,21,23,24,25,26,28). The molecule has 2 aliphatic heterocycles. The van der Waals surface area contributed by atoms with Gasteiger partial charge in [-0.15, -0.1) is 0 Å². The van der Waals surface area contributed by atoms with Crippen molar-refractivity contribution in [1.82, 2.24) is 5.32 Å². The summed E-state index contributed by atoms with van der Waals surface area (Å²) in [4.78, 5) is 32.7. The number of anilines is 2. The smallest absolute Gasteiger partial charge is 0.252 e. The van der Waals surface area contributed by atoms with E-state index in [0.29, 0.717) is 30.4 Å². The first-order chi connectivity index (χ1) is 14.6. The summed E-state index contributed by atoms with van der Waals surface area (Å²) in [7, 11) is 0. The lowest BCUT2D eigenvalue weighted by atomic mass is 10.2. The van der Waals surface area contributed by atoms with Crippen LogP contribution in [0.1, 0.15) is 6.42 Å². The molecular weight excluding hydrogens is 388 g/mol. The third-order valence-corrected chi connectivity index (χ3v) is 4.29. The number of nitrogens with zero attached hydrogens (tertiary/aromatic N) is 2. The first-order valence-corrected chi connectivity index (χ1v) is 9.31. The minimum atomic E-state index is -0.884. The van der Waals surface area contributed by atoms with E-state index in [4.69, 9.17) is 15.2 Å². The number of ether oxygens (including phenoxy) is 2. The number of nitrogens with one attached hydrogen (secondary N) is 3. The number of hydrogen-bond acceptors (Lipinski definition) is 6. The van der Waals surface area contributed by atoms with Gasteiger partial charge in [-0.25, -0.2) is 4.99 Å². The van der Waals surface area contributed by atoms with Crippen LogP contribution in [0.4, 0.5) is 11.4 Å². The van der Waals surface area contributed by atoms with Gasteiger partial charge in [-0.2, -0.15) is 4.99 Å². The van der Waals surface area contributed by atoms with Crippen molar-refractivity contribution in [2.24, 2.45) is 15.7 Å². The highest BCUT2D eigenvalue weighted by Crippen LogP contribution is 2.32. The number of benzene rings is 2. The molecule has 0 aliphatic carbocycles. The fraction of sp³-hybridized carbons (Fsp3) is 0.200. The van der Waals surface area contributed by atoms with E-state index in [1.807, 2.05) is 30.3 Å². The average Bonchev–Trinajstić information content (AvgIpc) is 3.06. The van der Waals surface area contributed by atoms with E-state index >= 15 is 0 Å². The molecule has 1 atom stereocenters. The number of carbonyl (C=O) groups is 2. The molecule has 0 fully saturated rings. The summed E-state index contributed by atoms with van der Waals surface area (Å²) >= 11 is 0. The van der Waals surface area contributed by atoms with Gasteiger partial charge in [0.15, 0.2) is 11.5 Å². The second-order valence-corrected chi connectivity index (χ2v) is 6.56. The van der Waals surface area contributed by atoms with Crippen LogP contribution < -0.4 is 31.2 Å². The van der Waals surface area contributed by atoms with Gasteiger partial charge in [0.2, 0.25) is 17.8 Å². The second-order valence-electron chi connectivity index (χ2n) is 6.56. The molecule has 0 aromatic heterocycles. The Bertz CT molecular complexity index is 1020. The van der Waals surface area contributed by atoms with E-state index < -0.39 is 11.9 Å². The Morgan fingerprint density at radius 1 is 1.10 bits per heavy atom. The van der Waals surface area contributed by atoms with Crippen LogP contribution in [0.15, 0.2) is 58.5 Å². The van der Waals surface area contributed by atoms with Crippen LogP contribution in [0.3, 0.4) is 0 Å². The van der Waals surface area contributed by atoms with Crippen LogP contribution >= 0.6 is 0 Å². The summed E-state index contributed by atoms with van der Waals surface area (Å²) in [5.74, 6) is 0.534. The third-order valence-electron chi connectivity index (χ3n) is 4.29. The van der Waals surface area contributed by atoms with Gasteiger partial charge in [0.1, 0.15) is 19.3 Å². The first kappa shape index (κ1) is 19.2. The highest BCUT2D eigenvalue weighted by atomic mass is 16.6. The van der Waals surface area contributed by atoms with Crippen LogP contribution in [0.25, 0.3) is 0 Å². The molecule has 10 nitrogen and oxygen atoms in total. The zero-order valence-corrected chi connectivity index (χ0v) is 15.9. The molecule has 0 spiro atoms. The van der Waals surface area contributed by atoms with Crippen molar-refractivity contribution in [2.45, 2.75) is 12.5 Å². The van der Waals surface area contributed by atoms with Crippen LogP contribution in [0.5, 0.6) is 11.5 Å². The third kappa shape index (κ3) is 4.66. The summed E-state index contributed by atoms with van der Waals surface area (Å²) < 4.78 is 10.9. The number of carbonyl (C=O) groups excluding carboxylic acids is 2. The highest BCUT2D eigenvalue weighted by Gasteiger charge is 2.29. The predicted molar refractivity (Wildman–Crippen MR) is 112 cm³/mol. The Labute approximate surface area is 172 Å².